The first-order valence-corrected chi connectivity index (χ1v) is 8.31. The Morgan fingerprint density at radius 3 is 1.54 bits per heavy atom. The van der Waals surface area contributed by atoms with Gasteiger partial charge in [0.05, 0.1) is 5.69 Å². The fraction of sp³-hybridized carbons (Fsp3) is 0.350. The Morgan fingerprint density at radius 2 is 1.14 bits per heavy atom. The number of ether oxygens (including phenoxy) is 1. The van der Waals surface area contributed by atoms with Crippen LogP contribution in [0.4, 0.5) is 32.0 Å². The van der Waals surface area contributed by atoms with E-state index in [4.69, 9.17) is 4.74 Å². The summed E-state index contributed by atoms with van der Waals surface area (Å²) in [5.74, 6) is -0.683. The fourth-order valence-corrected chi connectivity index (χ4v) is 2.44. The summed E-state index contributed by atoms with van der Waals surface area (Å²) in [5.41, 5.74) is -6.67. The highest BCUT2D eigenvalue weighted by Crippen LogP contribution is 2.53. The zero-order valence-electron chi connectivity index (χ0n) is 15.4. The molecular weight excluding hydrogens is 384 g/mol. The molecule has 0 aliphatic carbocycles. The van der Waals surface area contributed by atoms with E-state index in [1.54, 1.807) is 18.2 Å². The summed E-state index contributed by atoms with van der Waals surface area (Å²) < 4.78 is 88.5. The summed E-state index contributed by atoms with van der Waals surface area (Å²) in [7, 11) is 0. The van der Waals surface area contributed by atoms with Crippen molar-refractivity contribution in [2.24, 2.45) is 10.4 Å². The molecule has 0 atom stereocenters. The monoisotopic (exact) mass is 403 g/mol. The molecule has 0 spiro atoms. The maximum Gasteiger partial charge on any atom is 0.442 e. The number of hydrogen-bond donors (Lipinski definition) is 0. The smallest absolute Gasteiger partial charge is 0.442 e. The minimum Gasteiger partial charge on any atom is -0.450 e. The van der Waals surface area contributed by atoms with Gasteiger partial charge in [0.1, 0.15) is 0 Å². The molecule has 0 unspecified atom stereocenters. The van der Waals surface area contributed by atoms with E-state index < -0.39 is 34.8 Å². The number of para-hydroxylation sites is 1. The van der Waals surface area contributed by atoms with Crippen LogP contribution in [0, 0.1) is 5.41 Å². The summed E-state index contributed by atoms with van der Waals surface area (Å²) in [4.78, 5) is 3.96. The van der Waals surface area contributed by atoms with Gasteiger partial charge in [-0.15, -0.1) is 0 Å². The zero-order chi connectivity index (χ0) is 21.2. The Hall–Kier alpha value is -2.51. The number of aliphatic imine (C=N–C) groups is 1. The van der Waals surface area contributed by atoms with Crippen LogP contribution in [0.25, 0.3) is 0 Å². The lowest BCUT2D eigenvalue weighted by Gasteiger charge is -2.40. The SMILES string of the molecule is CC(C)(C)C(=Nc1ccccc1)OC(c1ccccc1)(C(F)(F)F)C(F)(F)F. The molecule has 0 saturated heterocycles. The van der Waals surface area contributed by atoms with Gasteiger partial charge in [0, 0.05) is 11.0 Å². The third kappa shape index (κ3) is 4.31. The Kier molecular flexibility index (Phi) is 5.82. The van der Waals surface area contributed by atoms with E-state index in [1.165, 1.54) is 39.0 Å². The quantitative estimate of drug-likeness (QED) is 0.314. The molecule has 2 aromatic rings. The third-order valence-corrected chi connectivity index (χ3v) is 3.86. The van der Waals surface area contributed by atoms with Crippen molar-refractivity contribution < 1.29 is 31.1 Å². The van der Waals surface area contributed by atoms with Gasteiger partial charge in [-0.2, -0.15) is 26.3 Å². The molecule has 0 saturated carbocycles. The minimum absolute atomic E-state index is 0.179. The van der Waals surface area contributed by atoms with Crippen molar-refractivity contribution >= 4 is 11.6 Å². The molecule has 2 rings (SSSR count). The van der Waals surface area contributed by atoms with Crippen molar-refractivity contribution in [3.8, 4) is 0 Å². The van der Waals surface area contributed by atoms with Gasteiger partial charge in [-0.05, 0) is 12.1 Å². The van der Waals surface area contributed by atoms with E-state index in [1.807, 2.05) is 0 Å². The lowest BCUT2D eigenvalue weighted by molar-refractivity contribution is -0.370. The Labute approximate surface area is 158 Å². The largest absolute Gasteiger partial charge is 0.450 e. The van der Waals surface area contributed by atoms with Gasteiger partial charge in [0.15, 0.2) is 5.90 Å². The first-order valence-electron chi connectivity index (χ1n) is 8.31. The fourth-order valence-electron chi connectivity index (χ4n) is 2.44. The van der Waals surface area contributed by atoms with Crippen LogP contribution in [-0.2, 0) is 10.3 Å². The first kappa shape index (κ1) is 21.8. The van der Waals surface area contributed by atoms with Crippen LogP contribution >= 0.6 is 0 Å². The first-order chi connectivity index (χ1) is 12.8. The van der Waals surface area contributed by atoms with E-state index in [2.05, 4.69) is 4.99 Å². The highest BCUT2D eigenvalue weighted by atomic mass is 19.4. The molecule has 152 valence electrons. The Morgan fingerprint density at radius 1 is 0.714 bits per heavy atom. The zero-order valence-corrected chi connectivity index (χ0v) is 15.4. The predicted octanol–water partition coefficient (Wildman–Crippen LogP) is 6.80. The summed E-state index contributed by atoms with van der Waals surface area (Å²) in [5, 5.41) is 0. The van der Waals surface area contributed by atoms with Crippen molar-refractivity contribution in [3.63, 3.8) is 0 Å². The molecule has 0 amide bonds. The molecule has 8 heteroatoms. The summed E-state index contributed by atoms with van der Waals surface area (Å²) in [6, 6.07) is 12.7. The van der Waals surface area contributed by atoms with E-state index in [9.17, 15) is 26.3 Å². The van der Waals surface area contributed by atoms with Gasteiger partial charge in [-0.25, -0.2) is 4.99 Å². The van der Waals surface area contributed by atoms with Crippen LogP contribution in [0.2, 0.25) is 0 Å². The van der Waals surface area contributed by atoms with Crippen molar-refractivity contribution in [1.82, 2.24) is 0 Å². The Bertz CT molecular complexity index is 791. The number of benzene rings is 2. The summed E-state index contributed by atoms with van der Waals surface area (Å²) >= 11 is 0. The predicted molar refractivity (Wildman–Crippen MR) is 94.3 cm³/mol. The van der Waals surface area contributed by atoms with Gasteiger partial charge in [0.2, 0.25) is 0 Å². The van der Waals surface area contributed by atoms with Crippen molar-refractivity contribution in [3.05, 3.63) is 66.2 Å². The van der Waals surface area contributed by atoms with Crippen LogP contribution in [0.5, 0.6) is 0 Å². The van der Waals surface area contributed by atoms with Crippen molar-refractivity contribution in [1.29, 1.82) is 0 Å². The van der Waals surface area contributed by atoms with E-state index in [0.29, 0.717) is 0 Å². The van der Waals surface area contributed by atoms with Gasteiger partial charge < -0.3 is 4.74 Å². The second kappa shape index (κ2) is 7.48. The molecule has 0 aromatic heterocycles. The summed E-state index contributed by atoms with van der Waals surface area (Å²) in [6.45, 7) is 4.28. The van der Waals surface area contributed by atoms with Crippen molar-refractivity contribution in [2.45, 2.75) is 38.7 Å². The number of rotatable bonds is 3. The molecule has 0 bridgehead atoms. The van der Waals surface area contributed by atoms with E-state index in [-0.39, 0.29) is 5.69 Å². The topological polar surface area (TPSA) is 21.6 Å². The molecule has 0 aliphatic rings. The number of halogens is 6. The minimum atomic E-state index is -5.78. The highest BCUT2D eigenvalue weighted by Gasteiger charge is 2.75. The molecule has 0 aliphatic heterocycles. The molecule has 2 nitrogen and oxygen atoms in total. The molecule has 28 heavy (non-hydrogen) atoms. The standard InChI is InChI=1S/C20H19F6NO/c1-17(2,3)16(27-15-12-8-5-9-13-15)28-18(19(21,22)23,20(24,25)26)14-10-6-4-7-11-14/h4-13H,1-3H3. The van der Waals surface area contributed by atoms with Crippen LogP contribution < -0.4 is 0 Å². The lowest BCUT2D eigenvalue weighted by atomic mass is 9.90. The van der Waals surface area contributed by atoms with Gasteiger partial charge in [-0.3, -0.25) is 0 Å². The summed E-state index contributed by atoms with van der Waals surface area (Å²) in [6.07, 6.45) is -11.6. The number of alkyl halides is 6. The van der Waals surface area contributed by atoms with Crippen LogP contribution in [0.3, 0.4) is 0 Å². The van der Waals surface area contributed by atoms with Gasteiger partial charge in [0.25, 0.3) is 0 Å². The average molecular weight is 403 g/mol. The second-order valence-corrected chi connectivity index (χ2v) is 7.15. The number of nitrogens with zero attached hydrogens (tertiary/aromatic N) is 1. The van der Waals surface area contributed by atoms with Crippen LogP contribution in [0.1, 0.15) is 26.3 Å². The second-order valence-electron chi connectivity index (χ2n) is 7.15. The molecule has 0 heterocycles. The highest BCUT2D eigenvalue weighted by molar-refractivity contribution is 5.84. The average Bonchev–Trinajstić information content (AvgIpc) is 2.57. The van der Waals surface area contributed by atoms with Gasteiger partial charge in [-0.1, -0.05) is 69.3 Å². The van der Waals surface area contributed by atoms with Crippen LogP contribution in [0.15, 0.2) is 65.7 Å². The Balaban J connectivity index is 2.74. The molecule has 0 N–H and O–H groups in total. The lowest BCUT2D eigenvalue weighted by Crippen LogP contribution is -2.57. The maximum atomic E-state index is 13.9. The molecule has 0 fully saturated rings. The maximum absolute atomic E-state index is 13.9. The van der Waals surface area contributed by atoms with E-state index in [0.717, 1.165) is 24.3 Å². The van der Waals surface area contributed by atoms with Crippen molar-refractivity contribution in [2.75, 3.05) is 0 Å². The number of hydrogen-bond acceptors (Lipinski definition) is 2. The third-order valence-electron chi connectivity index (χ3n) is 3.86. The molecule has 0 radical (unpaired) electrons. The van der Waals surface area contributed by atoms with Gasteiger partial charge >= 0.3 is 18.0 Å². The van der Waals surface area contributed by atoms with E-state index >= 15 is 0 Å². The van der Waals surface area contributed by atoms with Crippen LogP contribution in [-0.4, -0.2) is 18.3 Å². The molecule has 2 aromatic carbocycles. The molecular formula is C20H19F6NO. The normalized spacial score (nSPS) is 14.1.